The van der Waals surface area contributed by atoms with Crippen LogP contribution in [0, 0.1) is 5.41 Å². The van der Waals surface area contributed by atoms with Crippen LogP contribution in [0.3, 0.4) is 0 Å². The molecule has 2 aliphatic heterocycles. The first-order valence-electron chi connectivity index (χ1n) is 8.76. The number of rotatable bonds is 5. The predicted octanol–water partition coefficient (Wildman–Crippen LogP) is 1.29. The van der Waals surface area contributed by atoms with E-state index in [0.29, 0.717) is 6.54 Å². The van der Waals surface area contributed by atoms with E-state index in [1.807, 2.05) is 30.3 Å². The number of hydroxylamine groups is 2. The molecule has 1 aromatic carbocycles. The summed E-state index contributed by atoms with van der Waals surface area (Å²) in [5, 5.41) is 1.57. The maximum Gasteiger partial charge on any atom is 0.327 e. The first kappa shape index (κ1) is 19.8. The number of methoxy groups -OCH3 is 2. The molecule has 2 fully saturated rings. The van der Waals surface area contributed by atoms with E-state index >= 15 is 0 Å². The van der Waals surface area contributed by atoms with Gasteiger partial charge in [-0.05, 0) is 19.4 Å². The Morgan fingerprint density at radius 1 is 1.15 bits per heavy atom. The molecule has 2 aliphatic rings. The minimum absolute atomic E-state index is 0.00774. The van der Waals surface area contributed by atoms with Crippen molar-refractivity contribution in [3.63, 3.8) is 0 Å². The summed E-state index contributed by atoms with van der Waals surface area (Å²) in [6.07, 6.45) is -1.55. The quantitative estimate of drug-likeness (QED) is 0.559. The fraction of sp³-hybridized carbons (Fsp3) is 0.579. The molecule has 3 rings (SSSR count). The molecule has 0 radical (unpaired) electrons. The van der Waals surface area contributed by atoms with Gasteiger partial charge in [0, 0.05) is 6.54 Å². The molecule has 1 aromatic rings. The summed E-state index contributed by atoms with van der Waals surface area (Å²) < 4.78 is 21.4. The average molecular weight is 379 g/mol. The zero-order valence-electron chi connectivity index (χ0n) is 16.0. The lowest BCUT2D eigenvalue weighted by Gasteiger charge is -2.30. The standard InChI is InChI=1S/C19H25NO7/c1-18(2)25-11-14(26-18)15-19(16(21)23-3,17(22)24-4)12-20(27-15)10-13-8-6-5-7-9-13/h5-9,14-15H,10-12H2,1-4H3/t14-,15+/m1/s1. The van der Waals surface area contributed by atoms with E-state index in [0.717, 1.165) is 5.56 Å². The van der Waals surface area contributed by atoms with E-state index in [9.17, 15) is 9.59 Å². The van der Waals surface area contributed by atoms with Crippen molar-refractivity contribution in [3.8, 4) is 0 Å². The van der Waals surface area contributed by atoms with Crippen LogP contribution >= 0.6 is 0 Å². The maximum atomic E-state index is 12.7. The van der Waals surface area contributed by atoms with Gasteiger partial charge in [0.15, 0.2) is 5.79 Å². The molecule has 0 aromatic heterocycles. The molecule has 0 N–H and O–H groups in total. The predicted molar refractivity (Wildman–Crippen MR) is 93.1 cm³/mol. The number of nitrogens with zero attached hydrogens (tertiary/aromatic N) is 1. The van der Waals surface area contributed by atoms with Crippen LogP contribution in [0.25, 0.3) is 0 Å². The van der Waals surface area contributed by atoms with Crippen molar-refractivity contribution in [2.45, 2.75) is 38.4 Å². The van der Waals surface area contributed by atoms with Gasteiger partial charge in [0.2, 0.25) is 5.41 Å². The molecule has 0 bridgehead atoms. The number of hydrogen-bond acceptors (Lipinski definition) is 8. The zero-order valence-corrected chi connectivity index (χ0v) is 16.0. The monoisotopic (exact) mass is 379 g/mol. The molecule has 8 nitrogen and oxygen atoms in total. The summed E-state index contributed by atoms with van der Waals surface area (Å²) >= 11 is 0. The third-order valence-electron chi connectivity index (χ3n) is 4.84. The molecule has 2 saturated heterocycles. The largest absolute Gasteiger partial charge is 0.468 e. The highest BCUT2D eigenvalue weighted by Gasteiger charge is 2.65. The Hall–Kier alpha value is -2.00. The van der Waals surface area contributed by atoms with Crippen molar-refractivity contribution in [1.82, 2.24) is 5.06 Å². The molecule has 2 atom stereocenters. The molecule has 8 heteroatoms. The van der Waals surface area contributed by atoms with Gasteiger partial charge in [0.1, 0.15) is 12.2 Å². The van der Waals surface area contributed by atoms with Gasteiger partial charge in [0.25, 0.3) is 0 Å². The van der Waals surface area contributed by atoms with Crippen molar-refractivity contribution in [2.24, 2.45) is 5.41 Å². The lowest BCUT2D eigenvalue weighted by atomic mass is 9.80. The fourth-order valence-corrected chi connectivity index (χ4v) is 3.60. The van der Waals surface area contributed by atoms with E-state index in [1.54, 1.807) is 18.9 Å². The highest BCUT2D eigenvalue weighted by molar-refractivity contribution is 6.01. The van der Waals surface area contributed by atoms with Crippen LogP contribution < -0.4 is 0 Å². The summed E-state index contributed by atoms with van der Waals surface area (Å²) in [6, 6.07) is 9.61. The van der Waals surface area contributed by atoms with Gasteiger partial charge in [-0.1, -0.05) is 30.3 Å². The minimum atomic E-state index is -1.66. The Balaban J connectivity index is 1.93. The minimum Gasteiger partial charge on any atom is -0.468 e. The lowest BCUT2D eigenvalue weighted by Crippen LogP contribution is -2.54. The second kappa shape index (κ2) is 7.55. The Labute approximate surface area is 158 Å². The Morgan fingerprint density at radius 2 is 1.78 bits per heavy atom. The molecule has 148 valence electrons. The van der Waals surface area contributed by atoms with Crippen LogP contribution in [0.4, 0.5) is 0 Å². The van der Waals surface area contributed by atoms with Crippen molar-refractivity contribution >= 4 is 11.9 Å². The van der Waals surface area contributed by atoms with E-state index < -0.39 is 35.3 Å². The fourth-order valence-electron chi connectivity index (χ4n) is 3.60. The van der Waals surface area contributed by atoms with Gasteiger partial charge < -0.3 is 18.9 Å². The molecule has 0 amide bonds. The number of ether oxygens (including phenoxy) is 4. The Kier molecular flexibility index (Phi) is 5.53. The van der Waals surface area contributed by atoms with Crippen LogP contribution in [0.2, 0.25) is 0 Å². The zero-order chi connectivity index (χ0) is 19.7. The molecule has 0 saturated carbocycles. The molecule has 0 spiro atoms. The van der Waals surface area contributed by atoms with E-state index in [1.165, 1.54) is 14.2 Å². The van der Waals surface area contributed by atoms with Crippen LogP contribution in [0.15, 0.2) is 30.3 Å². The van der Waals surface area contributed by atoms with Gasteiger partial charge in [-0.2, -0.15) is 5.06 Å². The van der Waals surface area contributed by atoms with Crippen molar-refractivity contribution < 1.29 is 33.4 Å². The molecule has 0 unspecified atom stereocenters. The SMILES string of the molecule is COC(=O)C1(C(=O)OC)CN(Cc2ccccc2)O[C@H]1[C@H]1COC(C)(C)O1. The number of esters is 2. The molecular weight excluding hydrogens is 354 g/mol. The van der Waals surface area contributed by atoms with Crippen LogP contribution in [-0.2, 0) is 39.9 Å². The van der Waals surface area contributed by atoms with E-state index in [4.69, 9.17) is 23.8 Å². The summed E-state index contributed by atoms with van der Waals surface area (Å²) in [4.78, 5) is 31.5. The van der Waals surface area contributed by atoms with Crippen LogP contribution in [0.1, 0.15) is 19.4 Å². The maximum absolute atomic E-state index is 12.7. The first-order chi connectivity index (χ1) is 12.8. The number of carbonyl (C=O) groups excluding carboxylic acids is 2. The van der Waals surface area contributed by atoms with E-state index in [2.05, 4.69) is 0 Å². The lowest BCUT2D eigenvalue weighted by molar-refractivity contribution is -0.211. The van der Waals surface area contributed by atoms with Gasteiger partial charge >= 0.3 is 11.9 Å². The third kappa shape index (κ3) is 3.70. The first-order valence-corrected chi connectivity index (χ1v) is 8.76. The van der Waals surface area contributed by atoms with Gasteiger partial charge in [-0.15, -0.1) is 0 Å². The van der Waals surface area contributed by atoms with Crippen LogP contribution in [0.5, 0.6) is 0 Å². The summed E-state index contributed by atoms with van der Waals surface area (Å²) in [6.45, 7) is 4.10. The molecule has 0 aliphatic carbocycles. The second-order valence-electron chi connectivity index (χ2n) is 7.13. The average Bonchev–Trinajstić information content (AvgIpc) is 3.21. The number of benzene rings is 1. The Bertz CT molecular complexity index is 675. The summed E-state index contributed by atoms with van der Waals surface area (Å²) in [7, 11) is 2.47. The molecule has 27 heavy (non-hydrogen) atoms. The highest BCUT2D eigenvalue weighted by Crippen LogP contribution is 2.42. The van der Waals surface area contributed by atoms with Gasteiger partial charge in [-0.3, -0.25) is 14.4 Å². The van der Waals surface area contributed by atoms with Crippen molar-refractivity contribution in [3.05, 3.63) is 35.9 Å². The van der Waals surface area contributed by atoms with Crippen molar-refractivity contribution in [1.29, 1.82) is 0 Å². The topological polar surface area (TPSA) is 83.5 Å². The van der Waals surface area contributed by atoms with Crippen molar-refractivity contribution in [2.75, 3.05) is 27.4 Å². The van der Waals surface area contributed by atoms with Gasteiger partial charge in [0.05, 0.1) is 27.4 Å². The normalized spacial score (nSPS) is 26.7. The number of hydrogen-bond donors (Lipinski definition) is 0. The summed E-state index contributed by atoms with van der Waals surface area (Å²) in [5.41, 5.74) is -0.682. The Morgan fingerprint density at radius 3 is 2.30 bits per heavy atom. The third-order valence-corrected chi connectivity index (χ3v) is 4.84. The second-order valence-corrected chi connectivity index (χ2v) is 7.13. The smallest absolute Gasteiger partial charge is 0.327 e. The molecular formula is C19H25NO7. The number of carbonyl (C=O) groups is 2. The van der Waals surface area contributed by atoms with E-state index in [-0.39, 0.29) is 13.2 Å². The van der Waals surface area contributed by atoms with Crippen LogP contribution in [-0.4, -0.2) is 62.4 Å². The van der Waals surface area contributed by atoms with Gasteiger partial charge in [-0.25, -0.2) is 0 Å². The highest BCUT2D eigenvalue weighted by atomic mass is 16.8. The summed E-state index contributed by atoms with van der Waals surface area (Å²) in [5.74, 6) is -2.27. The molecule has 2 heterocycles.